The van der Waals surface area contributed by atoms with Crippen LogP contribution in [-0.2, 0) is 10.8 Å². The molecular weight excluding hydrogens is 336 g/mol. The van der Waals surface area contributed by atoms with E-state index in [4.69, 9.17) is 0 Å². The molecule has 0 radical (unpaired) electrons. The van der Waals surface area contributed by atoms with Gasteiger partial charge in [0.05, 0.1) is 0 Å². The molecule has 1 fully saturated rings. The van der Waals surface area contributed by atoms with Gasteiger partial charge in [-0.1, -0.05) is 109 Å². The quantitative estimate of drug-likeness (QED) is 0.459. The molecule has 1 aromatic carbocycles. The van der Waals surface area contributed by atoms with Crippen molar-refractivity contribution in [3.63, 3.8) is 0 Å². The lowest BCUT2D eigenvalue weighted by atomic mass is 9.75. The third-order valence-corrected chi connectivity index (χ3v) is 6.13. The molecule has 0 spiro atoms. The zero-order valence-electron chi connectivity index (χ0n) is 19.7. The molecule has 0 amide bonds. The van der Waals surface area contributed by atoms with Gasteiger partial charge < -0.3 is 0 Å². The van der Waals surface area contributed by atoms with E-state index in [1.165, 1.54) is 59.9 Å². The van der Waals surface area contributed by atoms with Crippen LogP contribution in [0.5, 0.6) is 0 Å². The number of benzene rings is 1. The largest absolute Gasteiger partial charge is 0.0847 e. The summed E-state index contributed by atoms with van der Waals surface area (Å²) < 4.78 is 0. The molecule has 0 unspecified atom stereocenters. The zero-order valence-corrected chi connectivity index (χ0v) is 19.7. The maximum absolute atomic E-state index is 2.46. The van der Waals surface area contributed by atoms with Gasteiger partial charge in [-0.2, -0.15) is 0 Å². The Balaban J connectivity index is 2.60. The fraction of sp³-hybridized carbons (Fsp3) is 0.571. The Morgan fingerprint density at radius 2 is 1.39 bits per heavy atom. The van der Waals surface area contributed by atoms with Gasteiger partial charge in [-0.05, 0) is 65.7 Å². The van der Waals surface area contributed by atoms with Crippen molar-refractivity contribution in [1.82, 2.24) is 0 Å². The Labute approximate surface area is 174 Å². The van der Waals surface area contributed by atoms with Crippen molar-refractivity contribution < 1.29 is 0 Å². The highest BCUT2D eigenvalue weighted by Crippen LogP contribution is 2.39. The lowest BCUT2D eigenvalue weighted by molar-refractivity contribution is 0.429. The molecule has 28 heavy (non-hydrogen) atoms. The molecule has 0 bridgehead atoms. The Morgan fingerprint density at radius 1 is 0.857 bits per heavy atom. The Bertz CT molecular complexity index is 703. The van der Waals surface area contributed by atoms with Gasteiger partial charge in [0.25, 0.3) is 0 Å². The van der Waals surface area contributed by atoms with Crippen LogP contribution in [0.2, 0.25) is 0 Å². The standard InChI is InChI=1S/C28H42/c1-9-21(2)14-13-17-26(22-15-11-10-12-16-22)23-18-24(27(3,4)5)20-25(19-23)28(6,7)8/h9,13-14,17-20,22H,10-12,15-16H2,1-8H3. The first-order valence-corrected chi connectivity index (χ1v) is 11.2. The molecule has 1 aliphatic rings. The summed E-state index contributed by atoms with van der Waals surface area (Å²) >= 11 is 0. The van der Waals surface area contributed by atoms with Crippen LogP contribution in [0.3, 0.4) is 0 Å². The van der Waals surface area contributed by atoms with Crippen LogP contribution in [0.15, 0.2) is 48.1 Å². The first-order valence-electron chi connectivity index (χ1n) is 11.2. The minimum Gasteiger partial charge on any atom is -0.0847 e. The lowest BCUT2D eigenvalue weighted by Crippen LogP contribution is -2.18. The number of hydrogen-bond donors (Lipinski definition) is 0. The van der Waals surface area contributed by atoms with E-state index < -0.39 is 0 Å². The Kier molecular flexibility index (Phi) is 7.54. The van der Waals surface area contributed by atoms with E-state index in [0.717, 1.165) is 0 Å². The molecule has 0 aliphatic heterocycles. The van der Waals surface area contributed by atoms with Crippen molar-refractivity contribution in [2.24, 2.45) is 5.92 Å². The van der Waals surface area contributed by atoms with Crippen molar-refractivity contribution in [3.8, 4) is 0 Å². The number of rotatable bonds is 4. The predicted octanol–water partition coefficient (Wildman–Crippen LogP) is 8.77. The first kappa shape index (κ1) is 22.7. The molecule has 154 valence electrons. The monoisotopic (exact) mass is 378 g/mol. The second-order valence-electron chi connectivity index (χ2n) is 10.6. The minimum atomic E-state index is 0.158. The van der Waals surface area contributed by atoms with Crippen LogP contribution in [0.4, 0.5) is 0 Å². The average Bonchev–Trinajstić information content (AvgIpc) is 2.64. The van der Waals surface area contributed by atoms with Gasteiger partial charge in [-0.3, -0.25) is 0 Å². The van der Waals surface area contributed by atoms with Gasteiger partial charge in [-0.25, -0.2) is 0 Å². The molecule has 0 heteroatoms. The van der Waals surface area contributed by atoms with Crippen molar-refractivity contribution in [2.45, 2.75) is 98.3 Å². The highest BCUT2D eigenvalue weighted by Gasteiger charge is 2.24. The molecule has 0 heterocycles. The summed E-state index contributed by atoms with van der Waals surface area (Å²) in [6.45, 7) is 18.3. The fourth-order valence-electron chi connectivity index (χ4n) is 3.94. The van der Waals surface area contributed by atoms with Crippen molar-refractivity contribution in [1.29, 1.82) is 0 Å². The Hall–Kier alpha value is -1.56. The summed E-state index contributed by atoms with van der Waals surface area (Å²) in [6, 6.07) is 7.36. The Morgan fingerprint density at radius 3 is 1.86 bits per heavy atom. The fourth-order valence-corrected chi connectivity index (χ4v) is 3.94. The molecule has 0 atom stereocenters. The summed E-state index contributed by atoms with van der Waals surface area (Å²) in [4.78, 5) is 0. The molecule has 0 aromatic heterocycles. The van der Waals surface area contributed by atoms with Gasteiger partial charge in [0, 0.05) is 0 Å². The third kappa shape index (κ3) is 6.23. The molecule has 1 aromatic rings. The third-order valence-electron chi connectivity index (χ3n) is 6.13. The summed E-state index contributed by atoms with van der Waals surface area (Å²) in [6.07, 6.45) is 15.8. The predicted molar refractivity (Wildman–Crippen MR) is 127 cm³/mol. The van der Waals surface area contributed by atoms with E-state index in [2.05, 4.69) is 97.9 Å². The number of allylic oxidation sites excluding steroid dienone is 6. The van der Waals surface area contributed by atoms with Crippen molar-refractivity contribution in [3.05, 3.63) is 64.8 Å². The van der Waals surface area contributed by atoms with Gasteiger partial charge >= 0.3 is 0 Å². The maximum atomic E-state index is 2.46. The summed E-state index contributed by atoms with van der Waals surface area (Å²) in [5.74, 6) is 0.687. The minimum absolute atomic E-state index is 0.158. The zero-order chi connectivity index (χ0) is 20.9. The van der Waals surface area contributed by atoms with E-state index in [-0.39, 0.29) is 10.8 Å². The second-order valence-corrected chi connectivity index (χ2v) is 10.6. The molecule has 2 rings (SSSR count). The van der Waals surface area contributed by atoms with E-state index in [0.29, 0.717) is 5.92 Å². The normalized spacial score (nSPS) is 18.1. The van der Waals surface area contributed by atoms with Crippen LogP contribution >= 0.6 is 0 Å². The molecular formula is C28H42. The summed E-state index contributed by atoms with van der Waals surface area (Å²) in [5.41, 5.74) is 7.51. The highest BCUT2D eigenvalue weighted by atomic mass is 14.3. The number of hydrogen-bond acceptors (Lipinski definition) is 0. The second kappa shape index (κ2) is 9.29. The van der Waals surface area contributed by atoms with Crippen LogP contribution in [0.1, 0.15) is 104 Å². The van der Waals surface area contributed by atoms with Crippen LogP contribution < -0.4 is 0 Å². The molecule has 1 aliphatic carbocycles. The summed E-state index contributed by atoms with van der Waals surface area (Å²) in [5, 5.41) is 0. The molecule has 0 nitrogen and oxygen atoms in total. The van der Waals surface area contributed by atoms with Crippen LogP contribution in [-0.4, -0.2) is 0 Å². The van der Waals surface area contributed by atoms with E-state index in [9.17, 15) is 0 Å². The van der Waals surface area contributed by atoms with Crippen LogP contribution in [0, 0.1) is 5.92 Å². The smallest absolute Gasteiger partial charge is 0.0132 e. The topological polar surface area (TPSA) is 0 Å². The van der Waals surface area contributed by atoms with Gasteiger partial charge in [-0.15, -0.1) is 0 Å². The lowest BCUT2D eigenvalue weighted by Gasteiger charge is -2.29. The molecule has 1 saturated carbocycles. The van der Waals surface area contributed by atoms with E-state index in [1.807, 2.05) is 0 Å². The molecule has 0 N–H and O–H groups in total. The van der Waals surface area contributed by atoms with Crippen LogP contribution in [0.25, 0.3) is 5.57 Å². The van der Waals surface area contributed by atoms with E-state index >= 15 is 0 Å². The summed E-state index contributed by atoms with van der Waals surface area (Å²) in [7, 11) is 0. The van der Waals surface area contributed by atoms with Gasteiger partial charge in [0.2, 0.25) is 0 Å². The van der Waals surface area contributed by atoms with Gasteiger partial charge in [0.15, 0.2) is 0 Å². The highest BCUT2D eigenvalue weighted by molar-refractivity contribution is 5.71. The SMILES string of the molecule is CC=C(C)C=CC=C(c1cc(C(C)(C)C)cc(C(C)(C)C)c1)C1CCCCC1. The molecule has 0 saturated heterocycles. The van der Waals surface area contributed by atoms with Crippen molar-refractivity contribution in [2.75, 3.05) is 0 Å². The van der Waals surface area contributed by atoms with Crippen molar-refractivity contribution >= 4 is 5.57 Å². The first-order chi connectivity index (χ1) is 13.0. The average molecular weight is 379 g/mol. The van der Waals surface area contributed by atoms with Gasteiger partial charge in [0.1, 0.15) is 0 Å². The van der Waals surface area contributed by atoms with E-state index in [1.54, 1.807) is 0 Å². The maximum Gasteiger partial charge on any atom is -0.0132 e.